The van der Waals surface area contributed by atoms with E-state index in [0.717, 1.165) is 19.4 Å². The molecule has 2 aliphatic rings. The molecule has 0 bridgehead atoms. The van der Waals surface area contributed by atoms with Gasteiger partial charge in [0.05, 0.1) is 7.11 Å². The first-order valence-electron chi connectivity index (χ1n) is 12.2. The molecule has 0 saturated heterocycles. The number of anilines is 4. The molecule has 33 heavy (non-hydrogen) atoms. The maximum absolute atomic E-state index is 14.2. The van der Waals surface area contributed by atoms with Crippen molar-refractivity contribution < 1.29 is 9.13 Å². The van der Waals surface area contributed by atoms with Crippen molar-refractivity contribution in [1.82, 2.24) is 20.3 Å². The summed E-state index contributed by atoms with van der Waals surface area (Å²) in [5.74, 6) is 1.75. The normalized spacial score (nSPS) is 21.4. The lowest BCUT2D eigenvalue weighted by Gasteiger charge is -2.20. The fourth-order valence-corrected chi connectivity index (χ4v) is 4.94. The zero-order valence-electron chi connectivity index (χ0n) is 19.7. The average Bonchev–Trinajstić information content (AvgIpc) is 3.12. The minimum absolute atomic E-state index is 0.199. The van der Waals surface area contributed by atoms with Crippen LogP contribution in [0.2, 0.25) is 0 Å². The lowest BCUT2D eigenvalue weighted by molar-refractivity contribution is 0.386. The minimum atomic E-state index is -0.439. The highest BCUT2D eigenvalue weighted by Gasteiger charge is 2.26. The molecule has 4 N–H and O–H groups in total. The molecule has 0 spiro atoms. The topological polar surface area (TPSA) is 96.0 Å². The summed E-state index contributed by atoms with van der Waals surface area (Å²) < 4.78 is 19.2. The molecule has 2 unspecified atom stereocenters. The van der Waals surface area contributed by atoms with Crippen molar-refractivity contribution in [3.63, 3.8) is 0 Å². The molecule has 9 heteroatoms. The van der Waals surface area contributed by atoms with Crippen molar-refractivity contribution in [2.24, 2.45) is 5.92 Å². The van der Waals surface area contributed by atoms with Gasteiger partial charge < -0.3 is 26.0 Å². The number of ether oxygens (including phenoxy) is 1. The number of halogens is 1. The predicted molar refractivity (Wildman–Crippen MR) is 130 cm³/mol. The lowest BCUT2D eigenvalue weighted by atomic mass is 10.0. The number of benzene rings is 1. The molecule has 2 aromatic rings. The average molecular weight is 458 g/mol. The van der Waals surface area contributed by atoms with E-state index >= 15 is 0 Å². The Morgan fingerprint density at radius 1 is 0.939 bits per heavy atom. The van der Waals surface area contributed by atoms with Crippen LogP contribution in [0.3, 0.4) is 0 Å². The van der Waals surface area contributed by atoms with Crippen LogP contribution in [-0.2, 0) is 0 Å². The molecular formula is C24H36FN7O. The van der Waals surface area contributed by atoms with Crippen molar-refractivity contribution >= 4 is 23.5 Å². The lowest BCUT2D eigenvalue weighted by Crippen LogP contribution is -2.33. The summed E-state index contributed by atoms with van der Waals surface area (Å²) in [6.45, 7) is 0.801. The van der Waals surface area contributed by atoms with Crippen molar-refractivity contribution in [2.75, 3.05) is 36.7 Å². The summed E-state index contributed by atoms with van der Waals surface area (Å²) in [7, 11) is 3.47. The standard InChI is InChI=1S/C24H36FN7O/c1-26-20-11-7-8-16(20)15-27-22-30-23(28-17-9-5-3-4-6-10-17)32-24(31-22)29-18-12-13-21(33-2)19(25)14-18/h12-14,16-17,20,26H,3-11,15H2,1-2H3,(H3,27,28,29,30,31,32). The van der Waals surface area contributed by atoms with E-state index in [1.165, 1.54) is 58.1 Å². The van der Waals surface area contributed by atoms with Gasteiger partial charge in [0.15, 0.2) is 11.6 Å². The first-order valence-corrected chi connectivity index (χ1v) is 12.2. The van der Waals surface area contributed by atoms with Crippen LogP contribution in [0.25, 0.3) is 0 Å². The monoisotopic (exact) mass is 457 g/mol. The van der Waals surface area contributed by atoms with Gasteiger partial charge in [-0.1, -0.05) is 32.1 Å². The third kappa shape index (κ3) is 6.43. The SMILES string of the molecule is CNC1CCCC1CNc1nc(Nc2ccc(OC)c(F)c2)nc(NC2CCCCCC2)n1. The molecule has 180 valence electrons. The minimum Gasteiger partial charge on any atom is -0.494 e. The second-order valence-electron chi connectivity index (χ2n) is 9.08. The molecule has 4 rings (SSSR count). The van der Waals surface area contributed by atoms with Gasteiger partial charge in [0.25, 0.3) is 0 Å². The van der Waals surface area contributed by atoms with E-state index in [2.05, 4.69) is 36.2 Å². The Bertz CT molecular complexity index is 904. The summed E-state index contributed by atoms with van der Waals surface area (Å²) in [6, 6.07) is 5.58. The third-order valence-electron chi connectivity index (χ3n) is 6.78. The smallest absolute Gasteiger partial charge is 0.233 e. The molecule has 0 aliphatic heterocycles. The fourth-order valence-electron chi connectivity index (χ4n) is 4.94. The van der Waals surface area contributed by atoms with E-state index in [-0.39, 0.29) is 5.75 Å². The Kier molecular flexibility index (Phi) is 8.15. The molecule has 2 aliphatic carbocycles. The number of nitrogens with one attached hydrogen (secondary N) is 4. The van der Waals surface area contributed by atoms with E-state index in [0.29, 0.717) is 41.5 Å². The van der Waals surface area contributed by atoms with Crippen LogP contribution in [0, 0.1) is 11.7 Å². The van der Waals surface area contributed by atoms with Crippen molar-refractivity contribution in [3.8, 4) is 5.75 Å². The highest BCUT2D eigenvalue weighted by molar-refractivity contribution is 5.57. The van der Waals surface area contributed by atoms with Gasteiger partial charge >= 0.3 is 0 Å². The summed E-state index contributed by atoms with van der Waals surface area (Å²) in [5, 5.41) is 13.5. The fraction of sp³-hybridized carbons (Fsp3) is 0.625. The van der Waals surface area contributed by atoms with Crippen LogP contribution < -0.4 is 26.0 Å². The van der Waals surface area contributed by atoms with Crippen LogP contribution in [0.15, 0.2) is 18.2 Å². The van der Waals surface area contributed by atoms with Gasteiger partial charge in [0.2, 0.25) is 17.8 Å². The predicted octanol–water partition coefficient (Wildman–Crippen LogP) is 4.70. The Morgan fingerprint density at radius 3 is 2.42 bits per heavy atom. The zero-order valence-corrected chi connectivity index (χ0v) is 19.7. The number of hydrogen-bond donors (Lipinski definition) is 4. The molecule has 2 saturated carbocycles. The molecule has 0 amide bonds. The van der Waals surface area contributed by atoms with Crippen LogP contribution in [0.1, 0.15) is 57.8 Å². The van der Waals surface area contributed by atoms with E-state index in [4.69, 9.17) is 4.74 Å². The van der Waals surface area contributed by atoms with Gasteiger partial charge in [-0.25, -0.2) is 4.39 Å². The molecule has 1 aromatic heterocycles. The van der Waals surface area contributed by atoms with Gasteiger partial charge in [0.1, 0.15) is 0 Å². The number of hydrogen-bond acceptors (Lipinski definition) is 8. The second-order valence-corrected chi connectivity index (χ2v) is 9.08. The van der Waals surface area contributed by atoms with Crippen LogP contribution in [0.5, 0.6) is 5.75 Å². The first kappa shape index (κ1) is 23.5. The van der Waals surface area contributed by atoms with Gasteiger partial charge in [-0.3, -0.25) is 0 Å². The van der Waals surface area contributed by atoms with E-state index < -0.39 is 5.82 Å². The maximum atomic E-state index is 14.2. The summed E-state index contributed by atoms with van der Waals surface area (Å²) in [6.07, 6.45) is 10.9. The van der Waals surface area contributed by atoms with E-state index in [1.54, 1.807) is 12.1 Å². The highest BCUT2D eigenvalue weighted by Crippen LogP contribution is 2.27. The molecule has 1 heterocycles. The largest absolute Gasteiger partial charge is 0.494 e. The van der Waals surface area contributed by atoms with Gasteiger partial charge in [0, 0.05) is 30.4 Å². The van der Waals surface area contributed by atoms with E-state index in [9.17, 15) is 4.39 Å². The summed E-state index contributed by atoms with van der Waals surface area (Å²) >= 11 is 0. The van der Waals surface area contributed by atoms with Crippen LogP contribution in [0.4, 0.5) is 27.9 Å². The zero-order chi connectivity index (χ0) is 23.0. The van der Waals surface area contributed by atoms with Gasteiger partial charge in [-0.2, -0.15) is 15.0 Å². The summed E-state index contributed by atoms with van der Waals surface area (Å²) in [5.41, 5.74) is 0.553. The quantitative estimate of drug-likeness (QED) is 0.403. The molecule has 0 radical (unpaired) electrons. The number of rotatable bonds is 9. The highest BCUT2D eigenvalue weighted by atomic mass is 19.1. The summed E-state index contributed by atoms with van der Waals surface area (Å²) in [4.78, 5) is 13.8. The molecular weight excluding hydrogens is 421 g/mol. The first-order chi connectivity index (χ1) is 16.1. The Labute approximate surface area is 195 Å². The molecule has 2 atom stereocenters. The molecule has 1 aromatic carbocycles. The Balaban J connectivity index is 1.52. The van der Waals surface area contributed by atoms with Gasteiger partial charge in [-0.15, -0.1) is 0 Å². The molecule has 8 nitrogen and oxygen atoms in total. The Morgan fingerprint density at radius 2 is 1.70 bits per heavy atom. The van der Waals surface area contributed by atoms with E-state index in [1.807, 2.05) is 7.05 Å². The second kappa shape index (κ2) is 11.4. The molecule has 2 fully saturated rings. The van der Waals surface area contributed by atoms with Crippen molar-refractivity contribution in [3.05, 3.63) is 24.0 Å². The van der Waals surface area contributed by atoms with Crippen LogP contribution in [-0.4, -0.2) is 47.7 Å². The van der Waals surface area contributed by atoms with Crippen molar-refractivity contribution in [2.45, 2.75) is 69.9 Å². The third-order valence-corrected chi connectivity index (χ3v) is 6.78. The number of methoxy groups -OCH3 is 1. The number of nitrogens with zero attached hydrogens (tertiary/aromatic N) is 3. The maximum Gasteiger partial charge on any atom is 0.233 e. The Hall–Kier alpha value is -2.68. The number of aromatic nitrogens is 3. The van der Waals surface area contributed by atoms with Gasteiger partial charge in [-0.05, 0) is 50.8 Å². The van der Waals surface area contributed by atoms with Crippen molar-refractivity contribution in [1.29, 1.82) is 0 Å². The van der Waals surface area contributed by atoms with Crippen LogP contribution >= 0.6 is 0 Å².